The van der Waals surface area contributed by atoms with Crippen LogP contribution in [0.15, 0.2) is 24.3 Å². The molecule has 0 amide bonds. The van der Waals surface area contributed by atoms with Gasteiger partial charge in [-0.3, -0.25) is 0 Å². The fourth-order valence-corrected chi connectivity index (χ4v) is 1.24. The molecule has 1 rings (SSSR count). The molecule has 0 aliphatic carbocycles. The van der Waals surface area contributed by atoms with Crippen LogP contribution in [0.1, 0.15) is 11.1 Å². The average molecular weight is 251 g/mol. The third-order valence-electron chi connectivity index (χ3n) is 1.48. The van der Waals surface area contributed by atoms with Crippen LogP contribution >= 0.6 is 15.9 Å². The first-order valence-electron chi connectivity index (χ1n) is 3.50. The summed E-state index contributed by atoms with van der Waals surface area (Å²) in [6, 6.07) is 4.14. The Kier molecular flexibility index (Phi) is 3.54. The minimum absolute atomic E-state index is 0.0929. The van der Waals surface area contributed by atoms with E-state index in [-0.39, 0.29) is 5.56 Å². The zero-order chi connectivity index (χ0) is 9.84. The van der Waals surface area contributed by atoms with Gasteiger partial charge in [0.1, 0.15) is 5.82 Å². The lowest BCUT2D eigenvalue weighted by Gasteiger charge is -1.98. The van der Waals surface area contributed by atoms with E-state index in [9.17, 15) is 13.2 Å². The highest BCUT2D eigenvalue weighted by atomic mass is 79.9. The maximum atomic E-state index is 13.0. The van der Waals surface area contributed by atoms with E-state index in [1.807, 2.05) is 0 Å². The van der Waals surface area contributed by atoms with Gasteiger partial charge in [0.15, 0.2) is 0 Å². The maximum absolute atomic E-state index is 13.0. The molecule has 0 aliphatic rings. The van der Waals surface area contributed by atoms with Crippen LogP contribution in [-0.2, 0) is 5.33 Å². The first-order valence-corrected chi connectivity index (χ1v) is 4.62. The van der Waals surface area contributed by atoms with Gasteiger partial charge >= 0.3 is 0 Å². The van der Waals surface area contributed by atoms with E-state index in [1.54, 1.807) is 6.07 Å². The summed E-state index contributed by atoms with van der Waals surface area (Å²) in [6.07, 6.45) is -1.39. The van der Waals surface area contributed by atoms with E-state index in [0.29, 0.717) is 17.0 Å². The van der Waals surface area contributed by atoms with Crippen molar-refractivity contribution in [3.05, 3.63) is 41.2 Å². The quantitative estimate of drug-likeness (QED) is 0.698. The van der Waals surface area contributed by atoms with E-state index in [2.05, 4.69) is 15.9 Å². The van der Waals surface area contributed by atoms with E-state index in [0.717, 1.165) is 0 Å². The molecule has 0 N–H and O–H groups in total. The molecule has 0 unspecified atom stereocenters. The summed E-state index contributed by atoms with van der Waals surface area (Å²) in [6.45, 7) is 0. The summed E-state index contributed by atoms with van der Waals surface area (Å²) in [5.41, 5.74) is 0.624. The summed E-state index contributed by atoms with van der Waals surface area (Å²) >= 11 is 3.14. The Hall–Kier alpha value is -0.770. The number of hydrogen-bond donors (Lipinski definition) is 0. The van der Waals surface area contributed by atoms with Crippen LogP contribution in [0.2, 0.25) is 0 Å². The van der Waals surface area contributed by atoms with Gasteiger partial charge < -0.3 is 0 Å². The van der Waals surface area contributed by atoms with Crippen LogP contribution in [0.3, 0.4) is 0 Å². The number of hydrogen-bond acceptors (Lipinski definition) is 0. The molecule has 0 aromatic heterocycles. The Labute approximate surface area is 82.2 Å². The lowest BCUT2D eigenvalue weighted by atomic mass is 10.1. The molecule has 0 aliphatic heterocycles. The predicted octanol–water partition coefficient (Wildman–Crippen LogP) is 3.96. The van der Waals surface area contributed by atoms with E-state index < -0.39 is 11.9 Å². The van der Waals surface area contributed by atoms with Crippen molar-refractivity contribution in [1.82, 2.24) is 0 Å². The molecule has 13 heavy (non-hydrogen) atoms. The molecule has 0 fully saturated rings. The molecule has 0 saturated carbocycles. The van der Waals surface area contributed by atoms with Crippen molar-refractivity contribution in [2.75, 3.05) is 0 Å². The standard InChI is InChI=1S/C9H6BrF3/c10-5-6-1-2-7(4-9(12)13)8(11)3-6/h1-4H,5H2. The zero-order valence-corrected chi connectivity index (χ0v) is 8.11. The maximum Gasteiger partial charge on any atom is 0.271 e. The highest BCUT2D eigenvalue weighted by Crippen LogP contribution is 2.16. The summed E-state index contributed by atoms with van der Waals surface area (Å²) in [5, 5.41) is 0.506. The second kappa shape index (κ2) is 4.46. The minimum atomic E-state index is -1.90. The number of halogens is 4. The Balaban J connectivity index is 3.05. The molecular formula is C9H6BrF3. The third-order valence-corrected chi connectivity index (χ3v) is 2.13. The molecule has 1 aromatic rings. The molecular weight excluding hydrogens is 245 g/mol. The summed E-state index contributed by atoms with van der Waals surface area (Å²) in [5.74, 6) is -0.634. The molecule has 4 heteroatoms. The molecule has 0 bridgehead atoms. The van der Waals surface area contributed by atoms with Gasteiger partial charge in [-0.25, -0.2) is 4.39 Å². The van der Waals surface area contributed by atoms with Crippen LogP contribution in [0, 0.1) is 5.82 Å². The molecule has 0 heterocycles. The lowest BCUT2D eigenvalue weighted by molar-refractivity contribution is 0.429. The Morgan fingerprint density at radius 3 is 2.54 bits per heavy atom. The zero-order valence-electron chi connectivity index (χ0n) is 6.53. The fraction of sp³-hybridized carbons (Fsp3) is 0.111. The first kappa shape index (κ1) is 10.3. The Morgan fingerprint density at radius 1 is 1.38 bits per heavy atom. The van der Waals surface area contributed by atoms with Crippen LogP contribution in [-0.4, -0.2) is 0 Å². The smallest absolute Gasteiger partial charge is 0.206 e. The van der Waals surface area contributed by atoms with Crippen molar-refractivity contribution in [1.29, 1.82) is 0 Å². The highest BCUT2D eigenvalue weighted by Gasteiger charge is 2.02. The van der Waals surface area contributed by atoms with E-state index in [4.69, 9.17) is 0 Å². The second-order valence-electron chi connectivity index (χ2n) is 2.42. The molecule has 0 nitrogen and oxygen atoms in total. The van der Waals surface area contributed by atoms with Crippen molar-refractivity contribution >= 4 is 22.0 Å². The summed E-state index contributed by atoms with van der Waals surface area (Å²) in [4.78, 5) is 0. The van der Waals surface area contributed by atoms with Crippen molar-refractivity contribution < 1.29 is 13.2 Å². The normalized spacial score (nSPS) is 9.85. The molecule has 1 aromatic carbocycles. The van der Waals surface area contributed by atoms with Gasteiger partial charge in [-0.1, -0.05) is 28.1 Å². The van der Waals surface area contributed by atoms with Gasteiger partial charge in [0.25, 0.3) is 6.08 Å². The fourth-order valence-electron chi connectivity index (χ4n) is 0.888. The molecule has 0 atom stereocenters. The topological polar surface area (TPSA) is 0 Å². The summed E-state index contributed by atoms with van der Waals surface area (Å²) in [7, 11) is 0. The van der Waals surface area contributed by atoms with Gasteiger partial charge in [0.2, 0.25) is 0 Å². The lowest BCUT2D eigenvalue weighted by Crippen LogP contribution is -1.85. The third kappa shape index (κ3) is 2.88. The number of benzene rings is 1. The van der Waals surface area contributed by atoms with Crippen molar-refractivity contribution in [3.8, 4) is 0 Å². The minimum Gasteiger partial charge on any atom is -0.206 e. The van der Waals surface area contributed by atoms with Crippen molar-refractivity contribution in [2.24, 2.45) is 0 Å². The van der Waals surface area contributed by atoms with Gasteiger partial charge in [-0.2, -0.15) is 8.78 Å². The van der Waals surface area contributed by atoms with Gasteiger partial charge in [0.05, 0.1) is 0 Å². The average Bonchev–Trinajstić information content (AvgIpc) is 2.08. The second-order valence-corrected chi connectivity index (χ2v) is 2.98. The van der Waals surface area contributed by atoms with Gasteiger partial charge in [0, 0.05) is 17.0 Å². The first-order chi connectivity index (χ1) is 6.13. The number of rotatable bonds is 2. The molecule has 70 valence electrons. The summed E-state index contributed by atoms with van der Waals surface area (Å²) < 4.78 is 36.5. The van der Waals surface area contributed by atoms with E-state index >= 15 is 0 Å². The number of alkyl halides is 1. The molecule has 0 spiro atoms. The SMILES string of the molecule is FC(F)=Cc1ccc(CBr)cc1F. The van der Waals surface area contributed by atoms with Crippen LogP contribution in [0.4, 0.5) is 13.2 Å². The van der Waals surface area contributed by atoms with Gasteiger partial charge in [-0.05, 0) is 11.6 Å². The highest BCUT2D eigenvalue weighted by molar-refractivity contribution is 9.08. The van der Waals surface area contributed by atoms with Crippen molar-refractivity contribution in [2.45, 2.75) is 5.33 Å². The van der Waals surface area contributed by atoms with Crippen LogP contribution in [0.25, 0.3) is 6.08 Å². The Bertz CT molecular complexity index is 330. The molecule has 0 saturated heterocycles. The molecule has 0 radical (unpaired) electrons. The monoisotopic (exact) mass is 250 g/mol. The van der Waals surface area contributed by atoms with Crippen LogP contribution < -0.4 is 0 Å². The largest absolute Gasteiger partial charge is 0.271 e. The van der Waals surface area contributed by atoms with E-state index in [1.165, 1.54) is 12.1 Å². The predicted molar refractivity (Wildman–Crippen MR) is 49.2 cm³/mol. The van der Waals surface area contributed by atoms with Gasteiger partial charge in [-0.15, -0.1) is 0 Å². The Morgan fingerprint density at radius 2 is 2.08 bits per heavy atom. The van der Waals surface area contributed by atoms with Crippen molar-refractivity contribution in [3.63, 3.8) is 0 Å². The van der Waals surface area contributed by atoms with Crippen LogP contribution in [0.5, 0.6) is 0 Å².